The van der Waals surface area contributed by atoms with E-state index in [-0.39, 0.29) is 5.75 Å². The number of alkyl halides is 2. The molecule has 0 aliphatic rings. The molecule has 2 unspecified atom stereocenters. The molecule has 2 atom stereocenters. The lowest BCUT2D eigenvalue weighted by molar-refractivity contribution is -0.0466. The first-order valence-corrected chi connectivity index (χ1v) is 10.1. The lowest BCUT2D eigenvalue weighted by atomic mass is 9.95. The maximum absolute atomic E-state index is 14.8. The van der Waals surface area contributed by atoms with E-state index in [4.69, 9.17) is 8.74 Å². The third-order valence-electron chi connectivity index (χ3n) is 4.02. The molecule has 6 nitrogen and oxygen atoms in total. The van der Waals surface area contributed by atoms with Gasteiger partial charge in [0.15, 0.2) is 10.00 Å². The lowest BCUT2D eigenvalue weighted by Crippen LogP contribution is -2.60. The monoisotopic (exact) mass is 386 g/mol. The van der Waals surface area contributed by atoms with Gasteiger partial charge in [0.2, 0.25) is 0 Å². The predicted octanol–water partition coefficient (Wildman–Crippen LogP) is 2.87. The quantitative estimate of drug-likeness (QED) is 0.545. The zero-order valence-corrected chi connectivity index (χ0v) is 15.1. The summed E-state index contributed by atoms with van der Waals surface area (Å²) in [5.41, 5.74) is 0. The van der Waals surface area contributed by atoms with Crippen molar-refractivity contribution in [2.75, 3.05) is 0 Å². The third kappa shape index (κ3) is 3.70. The minimum atomic E-state index is -5.17. The number of rotatable bonds is 8. The Morgan fingerprint density at radius 1 is 1.12 bits per heavy atom. The van der Waals surface area contributed by atoms with Crippen LogP contribution in [0.4, 0.5) is 8.78 Å². The van der Waals surface area contributed by atoms with Crippen LogP contribution in [0.1, 0.15) is 33.6 Å². The predicted molar refractivity (Wildman–Crippen MR) is 85.3 cm³/mol. The Balaban J connectivity index is 3.42. The van der Waals surface area contributed by atoms with Crippen LogP contribution < -0.4 is 4.18 Å². The second kappa shape index (κ2) is 6.93. The summed E-state index contributed by atoms with van der Waals surface area (Å²) in [6.45, 7) is 3.00. The average molecular weight is 386 g/mol. The van der Waals surface area contributed by atoms with Crippen molar-refractivity contribution in [1.82, 2.24) is 0 Å². The summed E-state index contributed by atoms with van der Waals surface area (Å²) in [6, 6.07) is 7.04. The second-order valence-corrected chi connectivity index (χ2v) is 9.04. The van der Waals surface area contributed by atoms with Crippen LogP contribution in [0.25, 0.3) is 0 Å². The molecule has 1 aromatic carbocycles. The molecule has 0 amide bonds. The van der Waals surface area contributed by atoms with Crippen molar-refractivity contribution in [2.24, 2.45) is 0 Å². The molecular formula is C14H20F2O6S2. The molecule has 24 heavy (non-hydrogen) atoms. The van der Waals surface area contributed by atoms with Crippen LogP contribution in [0.15, 0.2) is 30.3 Å². The molecular weight excluding hydrogens is 366 g/mol. The molecule has 0 aliphatic carbocycles. The molecule has 0 heterocycles. The summed E-state index contributed by atoms with van der Waals surface area (Å²) in [7, 11) is -10.1. The zero-order valence-electron chi connectivity index (χ0n) is 13.4. The number of hydrogen-bond donors (Lipinski definition) is 1. The average Bonchev–Trinajstić information content (AvgIpc) is 2.45. The summed E-state index contributed by atoms with van der Waals surface area (Å²) in [6.07, 6.45) is -1.29. The first-order chi connectivity index (χ1) is 10.8. The Morgan fingerprint density at radius 3 is 2.00 bits per heavy atom. The first-order valence-electron chi connectivity index (χ1n) is 7.16. The highest BCUT2D eigenvalue weighted by Gasteiger charge is 2.65. The molecule has 1 rings (SSSR count). The normalized spacial score (nSPS) is 17.1. The van der Waals surface area contributed by atoms with E-state index >= 15 is 0 Å². The lowest BCUT2D eigenvalue weighted by Gasteiger charge is -2.38. The molecule has 0 radical (unpaired) electrons. The Labute approximate surface area is 140 Å². The topological polar surface area (TPSA) is 97.7 Å². The third-order valence-corrected chi connectivity index (χ3v) is 7.44. The smallest absolute Gasteiger partial charge is 0.320 e. The van der Waals surface area contributed by atoms with Crippen molar-refractivity contribution in [3.05, 3.63) is 30.3 Å². The summed E-state index contributed by atoms with van der Waals surface area (Å²) in [5, 5.41) is -2.57. The zero-order chi connectivity index (χ0) is 18.8. The van der Waals surface area contributed by atoms with E-state index in [1.54, 1.807) is 6.07 Å². The number of benzene rings is 1. The molecule has 0 aromatic heterocycles. The molecule has 138 valence electrons. The molecule has 10 heteroatoms. The van der Waals surface area contributed by atoms with Gasteiger partial charge >= 0.3 is 10.1 Å². The fraction of sp³-hybridized carbons (Fsp3) is 0.571. The number of hydrogen-bond acceptors (Lipinski definition) is 5. The minimum absolute atomic E-state index is 0.173. The van der Waals surface area contributed by atoms with E-state index in [1.165, 1.54) is 31.2 Å². The second-order valence-electron chi connectivity index (χ2n) is 5.47. The van der Waals surface area contributed by atoms with Crippen LogP contribution >= 0.6 is 0 Å². The van der Waals surface area contributed by atoms with Gasteiger partial charge in [0.25, 0.3) is 16.0 Å². The highest BCUT2D eigenvalue weighted by molar-refractivity contribution is 7.89. The van der Waals surface area contributed by atoms with Gasteiger partial charge in [0.05, 0.1) is 0 Å². The maximum Gasteiger partial charge on any atom is 0.320 e. The van der Waals surface area contributed by atoms with Crippen molar-refractivity contribution < 1.29 is 34.4 Å². The van der Waals surface area contributed by atoms with Crippen molar-refractivity contribution in [3.8, 4) is 5.75 Å². The van der Waals surface area contributed by atoms with Crippen molar-refractivity contribution in [3.63, 3.8) is 0 Å². The van der Waals surface area contributed by atoms with Gasteiger partial charge in [-0.1, -0.05) is 32.0 Å². The van der Waals surface area contributed by atoms with Crippen molar-refractivity contribution in [2.45, 2.75) is 49.5 Å². The molecule has 0 saturated heterocycles. The fourth-order valence-corrected chi connectivity index (χ4v) is 4.78. The molecule has 1 N–H and O–H groups in total. The van der Waals surface area contributed by atoms with Gasteiger partial charge in [0.1, 0.15) is 5.75 Å². The van der Waals surface area contributed by atoms with Gasteiger partial charge in [0, 0.05) is 0 Å². The van der Waals surface area contributed by atoms with Gasteiger partial charge in [-0.05, 0) is 31.9 Å². The summed E-state index contributed by atoms with van der Waals surface area (Å²) >= 11 is 0. The SMILES string of the molecule is CCC(C(F)(F)C(C)(CC)S(=O)(=O)Oc1ccccc1)S(=O)(=O)O. The molecule has 0 bridgehead atoms. The van der Waals surface area contributed by atoms with Crippen LogP contribution in [0.2, 0.25) is 0 Å². The number of halogens is 2. The van der Waals surface area contributed by atoms with Crippen LogP contribution in [-0.2, 0) is 20.2 Å². The summed E-state index contributed by atoms with van der Waals surface area (Å²) < 4.78 is 88.2. The van der Waals surface area contributed by atoms with Gasteiger partial charge in [-0.2, -0.15) is 16.8 Å². The largest absolute Gasteiger partial charge is 0.382 e. The van der Waals surface area contributed by atoms with Crippen molar-refractivity contribution in [1.29, 1.82) is 0 Å². The van der Waals surface area contributed by atoms with E-state index in [2.05, 4.69) is 0 Å². The molecule has 0 saturated carbocycles. The number of para-hydroxylation sites is 1. The van der Waals surface area contributed by atoms with E-state index in [1.807, 2.05) is 0 Å². The van der Waals surface area contributed by atoms with Crippen LogP contribution in [0, 0.1) is 0 Å². The minimum Gasteiger partial charge on any atom is -0.382 e. The van der Waals surface area contributed by atoms with Gasteiger partial charge in [-0.3, -0.25) is 4.55 Å². The van der Waals surface area contributed by atoms with Gasteiger partial charge < -0.3 is 4.18 Å². The van der Waals surface area contributed by atoms with Crippen LogP contribution in [0.3, 0.4) is 0 Å². The summed E-state index contributed by atoms with van der Waals surface area (Å²) in [5.74, 6) is -4.45. The highest BCUT2D eigenvalue weighted by Crippen LogP contribution is 2.44. The van der Waals surface area contributed by atoms with E-state index in [0.717, 1.165) is 6.92 Å². The van der Waals surface area contributed by atoms with Gasteiger partial charge in [-0.25, -0.2) is 8.78 Å². The van der Waals surface area contributed by atoms with Gasteiger partial charge in [-0.15, -0.1) is 0 Å². The van der Waals surface area contributed by atoms with Crippen LogP contribution in [0.5, 0.6) is 5.75 Å². The van der Waals surface area contributed by atoms with Crippen molar-refractivity contribution >= 4 is 20.2 Å². The molecule has 0 fully saturated rings. The van der Waals surface area contributed by atoms with E-state index in [9.17, 15) is 25.6 Å². The summed E-state index contributed by atoms with van der Waals surface area (Å²) in [4.78, 5) is 0. The van der Waals surface area contributed by atoms with Crippen LogP contribution in [-0.4, -0.2) is 37.3 Å². The van der Waals surface area contributed by atoms with E-state index in [0.29, 0.717) is 6.92 Å². The first kappa shape index (κ1) is 20.8. The highest BCUT2D eigenvalue weighted by atomic mass is 32.2. The molecule has 1 aromatic rings. The fourth-order valence-electron chi connectivity index (χ4n) is 2.27. The standard InChI is InChI=1S/C14H20F2O6S2/c1-4-12(23(17,18)19)14(15,16)13(3,5-2)24(20,21)22-11-9-7-6-8-10-11/h6-10,12H,4-5H2,1-3H3,(H,17,18,19). The molecule has 0 aliphatic heterocycles. The Morgan fingerprint density at radius 2 is 1.62 bits per heavy atom. The Kier molecular flexibility index (Phi) is 6.00. The Bertz CT molecular complexity index is 762. The molecule has 0 spiro atoms. The van der Waals surface area contributed by atoms with E-state index < -0.39 is 49.0 Å². The maximum atomic E-state index is 14.8. The Hall–Kier alpha value is -1.26.